The van der Waals surface area contributed by atoms with Crippen molar-refractivity contribution in [3.8, 4) is 0 Å². The van der Waals surface area contributed by atoms with Crippen LogP contribution in [0.4, 0.5) is 19.0 Å². The van der Waals surface area contributed by atoms with Crippen LogP contribution in [0, 0.1) is 0 Å². The number of alkyl halides is 3. The summed E-state index contributed by atoms with van der Waals surface area (Å²) in [5, 5.41) is 0. The molecule has 0 bridgehead atoms. The molecule has 0 spiro atoms. The molecule has 0 saturated carbocycles. The van der Waals surface area contributed by atoms with Gasteiger partial charge < -0.3 is 5.73 Å². The number of nitrogens with zero attached hydrogens (tertiary/aromatic N) is 2. The standard InChI is InChI=1S/C10H10F3N3O/c11-10(12,13)6-1-2-15-8(3-6)16-5-7(14)4-9(16)17/h1-3,7H,4-5,14H2. The van der Waals surface area contributed by atoms with Crippen molar-refractivity contribution in [2.75, 3.05) is 11.4 Å². The molecule has 0 radical (unpaired) electrons. The maximum absolute atomic E-state index is 12.5. The van der Waals surface area contributed by atoms with Gasteiger partial charge in [0.25, 0.3) is 0 Å². The lowest BCUT2D eigenvalue weighted by atomic mass is 10.2. The summed E-state index contributed by atoms with van der Waals surface area (Å²) in [5.41, 5.74) is 4.74. The van der Waals surface area contributed by atoms with E-state index in [2.05, 4.69) is 4.98 Å². The number of nitrogens with two attached hydrogens (primary N) is 1. The molecule has 1 saturated heterocycles. The molecule has 0 aliphatic carbocycles. The van der Waals surface area contributed by atoms with Gasteiger partial charge in [-0.05, 0) is 12.1 Å². The second-order valence-electron chi connectivity index (χ2n) is 3.87. The minimum absolute atomic E-state index is 0.00206. The minimum Gasteiger partial charge on any atom is -0.326 e. The van der Waals surface area contributed by atoms with Crippen LogP contribution in [-0.4, -0.2) is 23.5 Å². The topological polar surface area (TPSA) is 59.2 Å². The third kappa shape index (κ3) is 2.38. The van der Waals surface area contributed by atoms with E-state index in [1.54, 1.807) is 0 Å². The van der Waals surface area contributed by atoms with Crippen LogP contribution in [0.2, 0.25) is 0 Å². The molecule has 92 valence electrons. The van der Waals surface area contributed by atoms with Gasteiger partial charge in [-0.3, -0.25) is 9.69 Å². The lowest BCUT2D eigenvalue weighted by Crippen LogP contribution is -2.28. The number of anilines is 1. The van der Waals surface area contributed by atoms with E-state index >= 15 is 0 Å². The van der Waals surface area contributed by atoms with Gasteiger partial charge in [0.15, 0.2) is 0 Å². The van der Waals surface area contributed by atoms with E-state index in [0.29, 0.717) is 0 Å². The quantitative estimate of drug-likeness (QED) is 0.807. The van der Waals surface area contributed by atoms with Crippen LogP contribution < -0.4 is 10.6 Å². The Hall–Kier alpha value is -1.63. The number of carbonyl (C=O) groups excluding carboxylic acids is 1. The first kappa shape index (κ1) is 11.8. The number of carbonyl (C=O) groups is 1. The van der Waals surface area contributed by atoms with Crippen LogP contribution in [-0.2, 0) is 11.0 Å². The largest absolute Gasteiger partial charge is 0.416 e. The number of rotatable bonds is 1. The Kier molecular flexibility index (Phi) is 2.78. The van der Waals surface area contributed by atoms with Crippen molar-refractivity contribution in [3.63, 3.8) is 0 Å². The SMILES string of the molecule is NC1CC(=O)N(c2cc(C(F)(F)F)ccn2)C1. The fraction of sp³-hybridized carbons (Fsp3) is 0.400. The Morgan fingerprint density at radius 1 is 1.47 bits per heavy atom. The maximum Gasteiger partial charge on any atom is 0.416 e. The van der Waals surface area contributed by atoms with Crippen LogP contribution in [0.25, 0.3) is 0 Å². The second kappa shape index (κ2) is 3.99. The van der Waals surface area contributed by atoms with Crippen LogP contribution in [0.3, 0.4) is 0 Å². The predicted octanol–water partition coefficient (Wildman–Crippen LogP) is 1.16. The molecule has 1 unspecified atom stereocenters. The summed E-state index contributed by atoms with van der Waals surface area (Å²) in [4.78, 5) is 16.4. The predicted molar refractivity (Wildman–Crippen MR) is 54.2 cm³/mol. The highest BCUT2D eigenvalue weighted by Gasteiger charge is 2.33. The van der Waals surface area contributed by atoms with Gasteiger partial charge in [0.2, 0.25) is 5.91 Å². The summed E-state index contributed by atoms with van der Waals surface area (Å²) < 4.78 is 37.4. The maximum atomic E-state index is 12.5. The molecule has 0 aromatic carbocycles. The Morgan fingerprint density at radius 3 is 2.71 bits per heavy atom. The molecule has 4 nitrogen and oxygen atoms in total. The number of hydrogen-bond donors (Lipinski definition) is 1. The Bertz CT molecular complexity index is 447. The molecule has 2 rings (SSSR count). The summed E-state index contributed by atoms with van der Waals surface area (Å²) in [6, 6.07) is 1.37. The Morgan fingerprint density at radius 2 is 2.18 bits per heavy atom. The van der Waals surface area contributed by atoms with Gasteiger partial charge in [0, 0.05) is 25.2 Å². The van der Waals surface area contributed by atoms with Crippen molar-refractivity contribution < 1.29 is 18.0 Å². The van der Waals surface area contributed by atoms with E-state index < -0.39 is 11.7 Å². The van der Waals surface area contributed by atoms with E-state index in [1.165, 1.54) is 4.90 Å². The third-order valence-corrected chi connectivity index (χ3v) is 2.50. The zero-order chi connectivity index (χ0) is 12.6. The summed E-state index contributed by atoms with van der Waals surface area (Å²) in [6.45, 7) is 0.202. The monoisotopic (exact) mass is 245 g/mol. The molecule has 1 atom stereocenters. The zero-order valence-electron chi connectivity index (χ0n) is 8.74. The molecule has 7 heteroatoms. The van der Waals surface area contributed by atoms with E-state index in [0.717, 1.165) is 18.3 Å². The number of halogens is 3. The molecule has 2 heterocycles. The van der Waals surface area contributed by atoms with E-state index in [-0.39, 0.29) is 30.7 Å². The van der Waals surface area contributed by atoms with E-state index in [9.17, 15) is 18.0 Å². The molecule has 17 heavy (non-hydrogen) atoms. The van der Waals surface area contributed by atoms with Crippen molar-refractivity contribution in [1.29, 1.82) is 0 Å². The lowest BCUT2D eigenvalue weighted by Gasteiger charge is -2.16. The third-order valence-electron chi connectivity index (χ3n) is 2.50. The summed E-state index contributed by atoms with van der Waals surface area (Å²) in [5.74, 6) is -0.304. The highest BCUT2D eigenvalue weighted by atomic mass is 19.4. The van der Waals surface area contributed by atoms with Crippen molar-refractivity contribution in [1.82, 2.24) is 4.98 Å². The van der Waals surface area contributed by atoms with Crippen molar-refractivity contribution in [2.24, 2.45) is 5.73 Å². The first-order chi connectivity index (χ1) is 7.88. The number of aromatic nitrogens is 1. The smallest absolute Gasteiger partial charge is 0.326 e. The molecule has 1 aromatic heterocycles. The normalized spacial score (nSPS) is 21.1. The lowest BCUT2D eigenvalue weighted by molar-refractivity contribution is -0.137. The van der Waals surface area contributed by atoms with Crippen molar-refractivity contribution in [2.45, 2.75) is 18.6 Å². The van der Waals surface area contributed by atoms with Gasteiger partial charge in [-0.2, -0.15) is 13.2 Å². The molecule has 1 fully saturated rings. The first-order valence-corrected chi connectivity index (χ1v) is 4.97. The van der Waals surface area contributed by atoms with Gasteiger partial charge in [-0.1, -0.05) is 0 Å². The van der Waals surface area contributed by atoms with E-state index in [1.807, 2.05) is 0 Å². The van der Waals surface area contributed by atoms with Crippen LogP contribution in [0.1, 0.15) is 12.0 Å². The highest BCUT2D eigenvalue weighted by molar-refractivity contribution is 5.95. The van der Waals surface area contributed by atoms with Crippen LogP contribution in [0.15, 0.2) is 18.3 Å². The highest BCUT2D eigenvalue weighted by Crippen LogP contribution is 2.31. The fourth-order valence-electron chi connectivity index (χ4n) is 1.70. The molecule has 1 aliphatic rings. The summed E-state index contributed by atoms with van der Waals surface area (Å²) >= 11 is 0. The van der Waals surface area contributed by atoms with Gasteiger partial charge in [-0.25, -0.2) is 4.98 Å². The van der Waals surface area contributed by atoms with Gasteiger partial charge in [0.1, 0.15) is 5.82 Å². The van der Waals surface area contributed by atoms with Gasteiger partial charge in [-0.15, -0.1) is 0 Å². The van der Waals surface area contributed by atoms with Crippen molar-refractivity contribution >= 4 is 11.7 Å². The average molecular weight is 245 g/mol. The molecule has 1 aromatic rings. The second-order valence-corrected chi connectivity index (χ2v) is 3.87. The molecular formula is C10H10F3N3O. The Labute approximate surface area is 95.2 Å². The molecule has 2 N–H and O–H groups in total. The zero-order valence-corrected chi connectivity index (χ0v) is 8.74. The minimum atomic E-state index is -4.44. The fourth-order valence-corrected chi connectivity index (χ4v) is 1.70. The summed E-state index contributed by atoms with van der Waals surface area (Å²) in [6.07, 6.45) is -3.27. The number of hydrogen-bond acceptors (Lipinski definition) is 3. The van der Waals surface area contributed by atoms with Gasteiger partial charge in [0.05, 0.1) is 5.56 Å². The van der Waals surface area contributed by atoms with Crippen LogP contribution >= 0.6 is 0 Å². The van der Waals surface area contributed by atoms with Crippen LogP contribution in [0.5, 0.6) is 0 Å². The number of pyridine rings is 1. The van der Waals surface area contributed by atoms with Crippen molar-refractivity contribution in [3.05, 3.63) is 23.9 Å². The summed E-state index contributed by atoms with van der Waals surface area (Å²) in [7, 11) is 0. The average Bonchev–Trinajstić information content (AvgIpc) is 2.57. The van der Waals surface area contributed by atoms with Gasteiger partial charge >= 0.3 is 6.18 Å². The molecular weight excluding hydrogens is 235 g/mol. The Balaban J connectivity index is 2.31. The first-order valence-electron chi connectivity index (χ1n) is 4.97. The van der Waals surface area contributed by atoms with E-state index in [4.69, 9.17) is 5.73 Å². The molecule has 1 aliphatic heterocycles. The number of amides is 1. The molecule has 1 amide bonds.